The Balaban J connectivity index is 1.83. The summed E-state index contributed by atoms with van der Waals surface area (Å²) in [6.07, 6.45) is -3.60. The number of aromatic nitrogens is 3. The van der Waals surface area contributed by atoms with Crippen molar-refractivity contribution < 1.29 is 22.7 Å². The first-order valence-corrected chi connectivity index (χ1v) is 8.57. The van der Waals surface area contributed by atoms with Crippen LogP contribution in [0.5, 0.6) is 0 Å². The van der Waals surface area contributed by atoms with Gasteiger partial charge in [-0.1, -0.05) is 35.5 Å². The van der Waals surface area contributed by atoms with Crippen LogP contribution in [-0.4, -0.2) is 27.7 Å². The van der Waals surface area contributed by atoms with Gasteiger partial charge in [-0.3, -0.25) is 4.40 Å². The number of ether oxygens (including phenoxy) is 1. The number of carbonyl (C=O) groups is 1. The lowest BCUT2D eigenvalue weighted by atomic mass is 10.1. The summed E-state index contributed by atoms with van der Waals surface area (Å²) in [5.74, 6) is -0.0159. The van der Waals surface area contributed by atoms with Crippen molar-refractivity contribution in [2.75, 3.05) is 7.11 Å². The van der Waals surface area contributed by atoms with E-state index in [2.05, 4.69) is 14.9 Å². The maximum atomic E-state index is 13.0. The van der Waals surface area contributed by atoms with Gasteiger partial charge in [-0.15, -0.1) is 10.2 Å². The molecule has 10 heteroatoms. The normalized spacial score (nSPS) is 11.7. The van der Waals surface area contributed by atoms with Crippen molar-refractivity contribution >= 4 is 35.0 Å². The fourth-order valence-corrected chi connectivity index (χ4v) is 3.30. The molecule has 0 N–H and O–H groups in total. The van der Waals surface area contributed by atoms with Gasteiger partial charge >= 0.3 is 12.1 Å². The van der Waals surface area contributed by atoms with Crippen molar-refractivity contribution in [1.82, 2.24) is 14.6 Å². The van der Waals surface area contributed by atoms with Gasteiger partial charge in [0.25, 0.3) is 0 Å². The molecular formula is C16H11ClF3N3O2S. The Bertz CT molecular complexity index is 958. The van der Waals surface area contributed by atoms with Gasteiger partial charge in [0.15, 0.2) is 10.8 Å². The topological polar surface area (TPSA) is 56.5 Å². The number of nitrogens with zero attached hydrogens (tertiary/aromatic N) is 3. The molecule has 0 aliphatic carbocycles. The van der Waals surface area contributed by atoms with Crippen LogP contribution in [0.3, 0.4) is 0 Å². The summed E-state index contributed by atoms with van der Waals surface area (Å²) in [7, 11) is 1.29. The Morgan fingerprint density at radius 3 is 2.58 bits per heavy atom. The zero-order valence-electron chi connectivity index (χ0n) is 13.2. The molecule has 0 amide bonds. The summed E-state index contributed by atoms with van der Waals surface area (Å²) in [5.41, 5.74) is 0.551. The summed E-state index contributed by atoms with van der Waals surface area (Å²) in [4.78, 5) is 11.4. The standard InChI is InChI=1S/C16H11ClF3N3O2S/c1-25-14(24)10-4-2-9(3-5-10)8-26-15-22-21-13-12(17)6-11(7-23(13)15)16(18,19)20/h2-7H,8H2,1H3. The van der Waals surface area contributed by atoms with Crippen molar-refractivity contribution in [2.45, 2.75) is 17.1 Å². The van der Waals surface area contributed by atoms with E-state index in [0.29, 0.717) is 11.3 Å². The van der Waals surface area contributed by atoms with Gasteiger partial charge < -0.3 is 4.74 Å². The van der Waals surface area contributed by atoms with Crippen molar-refractivity contribution in [3.8, 4) is 0 Å². The Morgan fingerprint density at radius 1 is 1.27 bits per heavy atom. The molecule has 0 aliphatic heterocycles. The smallest absolute Gasteiger partial charge is 0.417 e. The third kappa shape index (κ3) is 3.78. The molecule has 1 aromatic carbocycles. The highest BCUT2D eigenvalue weighted by molar-refractivity contribution is 7.98. The number of thioether (sulfide) groups is 1. The van der Waals surface area contributed by atoms with Crippen molar-refractivity contribution in [1.29, 1.82) is 0 Å². The highest BCUT2D eigenvalue weighted by Gasteiger charge is 2.32. The maximum Gasteiger partial charge on any atom is 0.417 e. The summed E-state index contributed by atoms with van der Waals surface area (Å²) >= 11 is 7.09. The number of carbonyl (C=O) groups excluding carboxylic acids is 1. The second-order valence-electron chi connectivity index (χ2n) is 5.23. The molecule has 5 nitrogen and oxygen atoms in total. The van der Waals surface area contributed by atoms with Gasteiger partial charge in [-0.05, 0) is 23.8 Å². The number of benzene rings is 1. The second kappa shape index (κ2) is 7.16. The first kappa shape index (κ1) is 18.5. The number of fused-ring (bicyclic) bond motifs is 1. The number of hydrogen-bond acceptors (Lipinski definition) is 5. The van der Waals surface area contributed by atoms with Gasteiger partial charge in [0.1, 0.15) is 0 Å². The lowest BCUT2D eigenvalue weighted by Crippen LogP contribution is -2.07. The van der Waals surface area contributed by atoms with Crippen molar-refractivity contribution in [3.63, 3.8) is 0 Å². The molecule has 136 valence electrons. The van der Waals surface area contributed by atoms with E-state index in [-0.39, 0.29) is 15.8 Å². The fraction of sp³-hybridized carbons (Fsp3) is 0.188. The van der Waals surface area contributed by atoms with Gasteiger partial charge in [0.05, 0.1) is 23.3 Å². The molecule has 2 aromatic heterocycles. The number of hydrogen-bond donors (Lipinski definition) is 0. The number of esters is 1. The van der Waals surface area contributed by atoms with Crippen LogP contribution in [-0.2, 0) is 16.7 Å². The molecule has 2 heterocycles. The van der Waals surface area contributed by atoms with E-state index >= 15 is 0 Å². The van der Waals surface area contributed by atoms with Crippen molar-refractivity contribution in [3.05, 3.63) is 58.2 Å². The Labute approximate surface area is 155 Å². The third-order valence-corrected chi connectivity index (χ3v) is 4.79. The van der Waals surface area contributed by atoms with E-state index in [9.17, 15) is 18.0 Å². The number of halogens is 4. The van der Waals surface area contributed by atoms with Gasteiger partial charge in [-0.25, -0.2) is 4.79 Å². The molecular weight excluding hydrogens is 391 g/mol. The van der Waals surface area contributed by atoms with E-state index in [0.717, 1.165) is 17.8 Å². The van der Waals surface area contributed by atoms with Crippen LogP contribution in [0.15, 0.2) is 41.7 Å². The molecule has 0 aliphatic rings. The van der Waals surface area contributed by atoms with E-state index in [4.69, 9.17) is 11.6 Å². The fourth-order valence-electron chi connectivity index (χ4n) is 2.19. The van der Waals surface area contributed by atoms with Crippen LogP contribution < -0.4 is 0 Å². The van der Waals surface area contributed by atoms with E-state index in [1.165, 1.54) is 23.3 Å². The lowest BCUT2D eigenvalue weighted by molar-refractivity contribution is -0.137. The predicted octanol–water partition coefficient (Wildman–Crippen LogP) is 4.48. The quantitative estimate of drug-likeness (QED) is 0.476. The number of pyridine rings is 1. The molecule has 3 rings (SSSR count). The average molecular weight is 402 g/mol. The first-order chi connectivity index (χ1) is 12.3. The average Bonchev–Trinajstić information content (AvgIpc) is 3.02. The molecule has 3 aromatic rings. The molecule has 0 bridgehead atoms. The zero-order chi connectivity index (χ0) is 18.9. The number of methoxy groups -OCH3 is 1. The van der Waals surface area contributed by atoms with Crippen LogP contribution in [0.2, 0.25) is 5.02 Å². The monoisotopic (exact) mass is 401 g/mol. The first-order valence-electron chi connectivity index (χ1n) is 7.21. The number of alkyl halides is 3. The maximum absolute atomic E-state index is 13.0. The van der Waals surface area contributed by atoms with Crippen LogP contribution >= 0.6 is 23.4 Å². The van der Waals surface area contributed by atoms with Crippen LogP contribution in [0.1, 0.15) is 21.5 Å². The highest BCUT2D eigenvalue weighted by atomic mass is 35.5. The summed E-state index contributed by atoms with van der Waals surface area (Å²) in [6, 6.07) is 7.52. The Hall–Kier alpha value is -2.26. The molecule has 0 spiro atoms. The second-order valence-corrected chi connectivity index (χ2v) is 6.58. The van der Waals surface area contributed by atoms with E-state index in [1.807, 2.05) is 0 Å². The largest absolute Gasteiger partial charge is 0.465 e. The summed E-state index contributed by atoms with van der Waals surface area (Å²) in [6.45, 7) is 0. The number of rotatable bonds is 4. The van der Waals surface area contributed by atoms with E-state index < -0.39 is 17.7 Å². The molecule has 0 unspecified atom stereocenters. The van der Waals surface area contributed by atoms with Crippen LogP contribution in [0.25, 0.3) is 5.65 Å². The Morgan fingerprint density at radius 2 is 1.96 bits per heavy atom. The van der Waals surface area contributed by atoms with Gasteiger partial charge in [0.2, 0.25) is 0 Å². The van der Waals surface area contributed by atoms with Gasteiger partial charge in [-0.2, -0.15) is 13.2 Å². The van der Waals surface area contributed by atoms with Crippen LogP contribution in [0.4, 0.5) is 13.2 Å². The molecule has 0 radical (unpaired) electrons. The zero-order valence-corrected chi connectivity index (χ0v) is 14.8. The molecule has 0 saturated heterocycles. The molecule has 0 saturated carbocycles. The predicted molar refractivity (Wildman–Crippen MR) is 90.3 cm³/mol. The third-order valence-electron chi connectivity index (χ3n) is 3.50. The Kier molecular flexibility index (Phi) is 5.10. The minimum Gasteiger partial charge on any atom is -0.465 e. The summed E-state index contributed by atoms with van der Waals surface area (Å²) < 4.78 is 44.7. The molecule has 0 fully saturated rings. The van der Waals surface area contributed by atoms with Crippen LogP contribution in [0, 0.1) is 0 Å². The highest BCUT2D eigenvalue weighted by Crippen LogP contribution is 2.33. The minimum atomic E-state index is -4.52. The molecule has 26 heavy (non-hydrogen) atoms. The van der Waals surface area contributed by atoms with Gasteiger partial charge in [0, 0.05) is 11.9 Å². The lowest BCUT2D eigenvalue weighted by Gasteiger charge is -2.08. The SMILES string of the molecule is COC(=O)c1ccc(CSc2nnc3c(Cl)cc(C(F)(F)F)cn23)cc1. The van der Waals surface area contributed by atoms with Crippen molar-refractivity contribution in [2.24, 2.45) is 0 Å². The summed E-state index contributed by atoms with van der Waals surface area (Å²) in [5, 5.41) is 7.90. The van der Waals surface area contributed by atoms with E-state index in [1.54, 1.807) is 24.3 Å². The minimum absolute atomic E-state index is 0.124. The molecule has 0 atom stereocenters.